The molecule has 0 aromatic heterocycles. The number of carboxylic acid groups (broad SMARTS) is 1. The molecule has 8 nitrogen and oxygen atoms in total. The Labute approximate surface area is 214 Å². The number of sulfonamides is 1. The van der Waals surface area contributed by atoms with Gasteiger partial charge in [-0.05, 0) is 73.2 Å². The second-order valence-electron chi connectivity index (χ2n) is 7.34. The van der Waals surface area contributed by atoms with Crippen molar-refractivity contribution >= 4 is 39.2 Å². The predicted octanol–water partition coefficient (Wildman–Crippen LogP) is -2.15. The maximum atomic E-state index is 12.6. The summed E-state index contributed by atoms with van der Waals surface area (Å²) in [6.07, 6.45) is 1.36. The fourth-order valence-corrected chi connectivity index (χ4v) is 4.78. The van der Waals surface area contributed by atoms with Crippen LogP contribution in [0.4, 0.5) is 5.69 Å². The van der Waals surface area contributed by atoms with Gasteiger partial charge in [-0.15, -0.1) is 0 Å². The molecule has 11 heteroatoms. The minimum atomic E-state index is -3.64. The molecular formula is C21H23ClN3NaO5S. The summed E-state index contributed by atoms with van der Waals surface area (Å²) in [6.45, 7) is 0.324. The molecule has 1 amide bonds. The van der Waals surface area contributed by atoms with Crippen molar-refractivity contribution in [2.24, 2.45) is 0 Å². The zero-order chi connectivity index (χ0) is 22.4. The van der Waals surface area contributed by atoms with Crippen molar-refractivity contribution in [2.45, 2.75) is 36.6 Å². The van der Waals surface area contributed by atoms with Gasteiger partial charge in [-0.2, -0.15) is 0 Å². The van der Waals surface area contributed by atoms with Crippen LogP contribution in [-0.4, -0.2) is 39.4 Å². The zero-order valence-corrected chi connectivity index (χ0v) is 21.3. The van der Waals surface area contributed by atoms with E-state index in [-0.39, 0.29) is 65.9 Å². The molecule has 0 fully saturated rings. The average molecular weight is 488 g/mol. The van der Waals surface area contributed by atoms with E-state index < -0.39 is 16.0 Å². The van der Waals surface area contributed by atoms with Gasteiger partial charge in [0.15, 0.2) is 0 Å². The first-order valence-electron chi connectivity index (χ1n) is 9.83. The van der Waals surface area contributed by atoms with Gasteiger partial charge in [0.1, 0.15) is 0 Å². The largest absolute Gasteiger partial charge is 1.00 e. The van der Waals surface area contributed by atoms with Crippen LogP contribution in [0.3, 0.4) is 0 Å². The van der Waals surface area contributed by atoms with Crippen molar-refractivity contribution in [1.29, 1.82) is 0 Å². The van der Waals surface area contributed by atoms with Crippen molar-refractivity contribution in [2.75, 3.05) is 18.4 Å². The Morgan fingerprint density at radius 1 is 1.06 bits per heavy atom. The molecule has 1 unspecified atom stereocenters. The van der Waals surface area contributed by atoms with E-state index in [0.717, 1.165) is 16.8 Å². The van der Waals surface area contributed by atoms with Crippen LogP contribution in [0.2, 0.25) is 5.02 Å². The number of fused-ring (bicyclic) bond motifs is 1. The predicted molar refractivity (Wildman–Crippen MR) is 115 cm³/mol. The number of nitrogens with one attached hydrogen (secondary N) is 3. The third kappa shape index (κ3) is 7.75. The minimum Gasteiger partial charge on any atom is -0.550 e. The molecule has 32 heavy (non-hydrogen) atoms. The van der Waals surface area contributed by atoms with Gasteiger partial charge < -0.3 is 20.5 Å². The van der Waals surface area contributed by atoms with Crippen LogP contribution in [0.15, 0.2) is 47.4 Å². The number of hydrogen-bond donors (Lipinski definition) is 3. The summed E-state index contributed by atoms with van der Waals surface area (Å²) in [6, 6.07) is 11.4. The van der Waals surface area contributed by atoms with Crippen LogP contribution in [0.5, 0.6) is 0 Å². The summed E-state index contributed by atoms with van der Waals surface area (Å²) < 4.78 is 27.9. The van der Waals surface area contributed by atoms with Crippen LogP contribution < -0.4 is 50.0 Å². The molecule has 0 heterocycles. The first kappa shape index (κ1) is 26.6. The van der Waals surface area contributed by atoms with Gasteiger partial charge in [0.05, 0.1) is 11.4 Å². The fraction of sp³-hybridized carbons (Fsp3) is 0.333. The van der Waals surface area contributed by atoms with E-state index in [4.69, 9.17) is 11.6 Å². The summed E-state index contributed by atoms with van der Waals surface area (Å²) >= 11 is 5.83. The van der Waals surface area contributed by atoms with Gasteiger partial charge in [-0.25, -0.2) is 13.1 Å². The molecule has 0 saturated carbocycles. The summed E-state index contributed by atoms with van der Waals surface area (Å²) in [4.78, 5) is 22.4. The van der Waals surface area contributed by atoms with Crippen molar-refractivity contribution in [1.82, 2.24) is 10.0 Å². The number of halogens is 1. The van der Waals surface area contributed by atoms with Crippen molar-refractivity contribution in [3.05, 3.63) is 58.6 Å². The van der Waals surface area contributed by atoms with E-state index in [1.54, 1.807) is 0 Å². The molecule has 2 aromatic carbocycles. The van der Waals surface area contributed by atoms with Crippen LogP contribution in [0.1, 0.15) is 24.0 Å². The number of amides is 1. The number of hydrogen-bond acceptors (Lipinski definition) is 6. The Kier molecular flexibility index (Phi) is 10.00. The van der Waals surface area contributed by atoms with E-state index in [1.807, 2.05) is 18.2 Å². The smallest absolute Gasteiger partial charge is 0.550 e. The van der Waals surface area contributed by atoms with Crippen LogP contribution in [0.25, 0.3) is 0 Å². The number of aliphatic carboxylic acids is 1. The number of carbonyl (C=O) groups is 2. The van der Waals surface area contributed by atoms with Gasteiger partial charge >= 0.3 is 29.6 Å². The van der Waals surface area contributed by atoms with Gasteiger partial charge in [0.25, 0.3) is 0 Å². The molecule has 1 aliphatic rings. The number of rotatable bonds is 10. The monoisotopic (exact) mass is 487 g/mol. The molecule has 0 aliphatic heterocycles. The Morgan fingerprint density at radius 2 is 1.75 bits per heavy atom. The first-order chi connectivity index (χ1) is 14.7. The third-order valence-electron chi connectivity index (χ3n) is 4.92. The summed E-state index contributed by atoms with van der Waals surface area (Å²) in [5.74, 6) is -1.38. The van der Waals surface area contributed by atoms with E-state index in [1.165, 1.54) is 24.3 Å². The first-order valence-corrected chi connectivity index (χ1v) is 11.7. The molecular weight excluding hydrogens is 465 g/mol. The van der Waals surface area contributed by atoms with Crippen molar-refractivity contribution < 1.29 is 52.7 Å². The minimum absolute atomic E-state index is 0. The number of carboxylic acids is 1. The quantitative estimate of drug-likeness (QED) is 0.259. The van der Waals surface area contributed by atoms with E-state index in [0.29, 0.717) is 24.3 Å². The second kappa shape index (κ2) is 12.0. The maximum Gasteiger partial charge on any atom is 1.00 e. The van der Waals surface area contributed by atoms with Crippen LogP contribution >= 0.6 is 11.6 Å². The van der Waals surface area contributed by atoms with E-state index in [2.05, 4.69) is 15.4 Å². The Balaban J connectivity index is 0.00000363. The maximum absolute atomic E-state index is 12.6. The molecule has 0 spiro atoms. The molecule has 1 atom stereocenters. The molecule has 3 N–H and O–H groups in total. The third-order valence-corrected chi connectivity index (χ3v) is 6.71. The standard InChI is InChI=1S/C21H24ClN3O5S.Na/c22-16-4-7-19(8-5-16)31(29,30)25-18-10-14-3-6-17(11-15(14)12-18)24-13-20(26)23-9-1-2-21(27)28;/h3-8,11,18,24-25H,1-2,9-10,12-13H2,(H,23,26)(H,27,28);/q;+1/p-1. The summed E-state index contributed by atoms with van der Waals surface area (Å²) in [5, 5.41) is 16.5. The van der Waals surface area contributed by atoms with Crippen LogP contribution in [-0.2, 0) is 32.5 Å². The number of anilines is 1. The molecule has 2 aromatic rings. The van der Waals surface area contributed by atoms with Crippen molar-refractivity contribution in [3.8, 4) is 0 Å². The molecule has 3 rings (SSSR count). The van der Waals surface area contributed by atoms with E-state index in [9.17, 15) is 23.1 Å². The van der Waals surface area contributed by atoms with E-state index >= 15 is 0 Å². The number of benzene rings is 2. The van der Waals surface area contributed by atoms with Gasteiger partial charge in [-0.3, -0.25) is 4.79 Å². The fourth-order valence-electron chi connectivity index (χ4n) is 3.42. The Bertz CT molecular complexity index is 1060. The molecule has 166 valence electrons. The van der Waals surface area contributed by atoms with Gasteiger partial charge in [0.2, 0.25) is 15.9 Å². The zero-order valence-electron chi connectivity index (χ0n) is 17.7. The SMILES string of the molecule is O=C([O-])CCCNC(=O)CNc1ccc2c(c1)CC(NS(=O)(=O)c1ccc(Cl)cc1)C2.[Na+]. The van der Waals surface area contributed by atoms with Gasteiger partial charge in [-0.1, -0.05) is 17.7 Å². The normalized spacial score (nSPS) is 14.8. The van der Waals surface area contributed by atoms with Crippen LogP contribution in [0, 0.1) is 0 Å². The molecule has 1 aliphatic carbocycles. The summed E-state index contributed by atoms with van der Waals surface area (Å²) in [7, 11) is -3.64. The molecule has 0 bridgehead atoms. The molecule has 0 radical (unpaired) electrons. The number of carbonyl (C=O) groups excluding carboxylic acids is 2. The Morgan fingerprint density at radius 3 is 2.44 bits per heavy atom. The average Bonchev–Trinajstić information content (AvgIpc) is 3.10. The molecule has 0 saturated heterocycles. The Hall–Kier alpha value is -1.62. The summed E-state index contributed by atoms with van der Waals surface area (Å²) in [5.41, 5.74) is 2.83. The van der Waals surface area contributed by atoms with Crippen molar-refractivity contribution in [3.63, 3.8) is 0 Å². The van der Waals surface area contributed by atoms with Gasteiger partial charge in [0, 0.05) is 29.3 Å². The second-order valence-corrected chi connectivity index (χ2v) is 9.49. The topological polar surface area (TPSA) is 127 Å².